The standard InChI is InChI=1S/C23H20ClN3O3/c1-16(28)26-21-12-8-18(9-13-21)23(29)27-25-14-19-4-2-3-5-22(19)30-15-17-6-10-20(24)11-7-17/h2-14H,15H2,1H3,(H,26,28)(H,27,29)/b25-14-. The van der Waals surface area contributed by atoms with Crippen LogP contribution < -0.4 is 15.5 Å². The lowest BCUT2D eigenvalue weighted by Gasteiger charge is -2.09. The first-order valence-electron chi connectivity index (χ1n) is 9.18. The number of hydrazone groups is 1. The highest BCUT2D eigenvalue weighted by Crippen LogP contribution is 2.18. The summed E-state index contributed by atoms with van der Waals surface area (Å²) in [4.78, 5) is 23.3. The van der Waals surface area contributed by atoms with E-state index < -0.39 is 0 Å². The van der Waals surface area contributed by atoms with E-state index in [4.69, 9.17) is 16.3 Å². The third-order valence-corrected chi connectivity index (χ3v) is 4.32. The zero-order valence-electron chi connectivity index (χ0n) is 16.3. The van der Waals surface area contributed by atoms with E-state index in [2.05, 4.69) is 15.8 Å². The average molecular weight is 422 g/mol. The average Bonchev–Trinajstić information content (AvgIpc) is 2.74. The van der Waals surface area contributed by atoms with Gasteiger partial charge >= 0.3 is 0 Å². The third kappa shape index (κ3) is 6.18. The summed E-state index contributed by atoms with van der Waals surface area (Å²) in [5.74, 6) is 0.110. The molecule has 0 atom stereocenters. The van der Waals surface area contributed by atoms with Crippen molar-refractivity contribution in [2.45, 2.75) is 13.5 Å². The molecule has 3 rings (SSSR count). The predicted molar refractivity (Wildman–Crippen MR) is 118 cm³/mol. The van der Waals surface area contributed by atoms with Crippen molar-refractivity contribution in [1.82, 2.24) is 5.43 Å². The lowest BCUT2D eigenvalue weighted by atomic mass is 10.2. The summed E-state index contributed by atoms with van der Waals surface area (Å²) in [6.45, 7) is 1.81. The van der Waals surface area contributed by atoms with Crippen molar-refractivity contribution < 1.29 is 14.3 Å². The molecule has 0 heterocycles. The van der Waals surface area contributed by atoms with E-state index in [0.29, 0.717) is 28.6 Å². The Morgan fingerprint density at radius 3 is 2.40 bits per heavy atom. The van der Waals surface area contributed by atoms with Crippen molar-refractivity contribution in [2.24, 2.45) is 5.10 Å². The molecule has 3 aromatic rings. The molecule has 2 amide bonds. The number of para-hydroxylation sites is 1. The number of hydrogen-bond acceptors (Lipinski definition) is 4. The molecule has 30 heavy (non-hydrogen) atoms. The number of anilines is 1. The molecule has 0 saturated carbocycles. The van der Waals surface area contributed by atoms with E-state index in [-0.39, 0.29) is 11.8 Å². The van der Waals surface area contributed by atoms with Crippen LogP contribution in [0.4, 0.5) is 5.69 Å². The molecule has 7 heteroatoms. The fraction of sp³-hybridized carbons (Fsp3) is 0.0870. The molecule has 0 spiro atoms. The Hall–Kier alpha value is -3.64. The maximum absolute atomic E-state index is 12.2. The smallest absolute Gasteiger partial charge is 0.271 e. The molecule has 3 aromatic carbocycles. The van der Waals surface area contributed by atoms with Gasteiger partial charge in [0, 0.05) is 28.8 Å². The second-order valence-corrected chi connectivity index (χ2v) is 6.85. The highest BCUT2D eigenvalue weighted by Gasteiger charge is 2.05. The van der Waals surface area contributed by atoms with E-state index in [1.54, 1.807) is 24.3 Å². The summed E-state index contributed by atoms with van der Waals surface area (Å²) < 4.78 is 5.87. The van der Waals surface area contributed by atoms with Gasteiger partial charge in [-0.05, 0) is 54.1 Å². The van der Waals surface area contributed by atoms with E-state index in [9.17, 15) is 9.59 Å². The first kappa shape index (κ1) is 21.1. The van der Waals surface area contributed by atoms with E-state index in [0.717, 1.165) is 11.1 Å². The number of carbonyl (C=O) groups is 2. The van der Waals surface area contributed by atoms with Gasteiger partial charge in [0.15, 0.2) is 0 Å². The van der Waals surface area contributed by atoms with E-state index in [1.807, 2.05) is 48.5 Å². The zero-order chi connectivity index (χ0) is 21.3. The molecule has 0 bridgehead atoms. The van der Waals surface area contributed by atoms with Crippen molar-refractivity contribution in [1.29, 1.82) is 0 Å². The van der Waals surface area contributed by atoms with Gasteiger partial charge in [-0.15, -0.1) is 0 Å². The molecule has 0 unspecified atom stereocenters. The molecule has 0 fully saturated rings. The number of ether oxygens (including phenoxy) is 1. The maximum Gasteiger partial charge on any atom is 0.271 e. The number of amides is 2. The van der Waals surface area contributed by atoms with Gasteiger partial charge in [-0.2, -0.15) is 5.10 Å². The number of nitrogens with one attached hydrogen (secondary N) is 2. The molecule has 152 valence electrons. The first-order valence-corrected chi connectivity index (χ1v) is 9.56. The largest absolute Gasteiger partial charge is 0.488 e. The Kier molecular flexibility index (Phi) is 7.19. The topological polar surface area (TPSA) is 79.8 Å². The van der Waals surface area contributed by atoms with Crippen LogP contribution in [0.25, 0.3) is 0 Å². The molecule has 0 saturated heterocycles. The zero-order valence-corrected chi connectivity index (χ0v) is 17.0. The SMILES string of the molecule is CC(=O)Nc1ccc(C(=O)N/N=C\c2ccccc2OCc2ccc(Cl)cc2)cc1. The van der Waals surface area contributed by atoms with Crippen LogP contribution in [0.2, 0.25) is 5.02 Å². The molecule has 0 aliphatic carbocycles. The molecular weight excluding hydrogens is 402 g/mol. The lowest BCUT2D eigenvalue weighted by molar-refractivity contribution is -0.114. The predicted octanol–water partition coefficient (Wildman–Crippen LogP) is 4.64. The second kappa shape index (κ2) is 10.2. The van der Waals surface area contributed by atoms with Crippen molar-refractivity contribution in [2.75, 3.05) is 5.32 Å². The normalized spacial score (nSPS) is 10.6. The number of nitrogens with zero attached hydrogens (tertiary/aromatic N) is 1. The van der Waals surface area contributed by atoms with Crippen molar-refractivity contribution in [3.05, 3.63) is 94.5 Å². The number of carbonyl (C=O) groups excluding carboxylic acids is 2. The summed E-state index contributed by atoms with van der Waals surface area (Å²) in [6, 6.07) is 21.3. The monoisotopic (exact) mass is 421 g/mol. The van der Waals surface area contributed by atoms with Gasteiger partial charge in [0.2, 0.25) is 5.91 Å². The van der Waals surface area contributed by atoms with Gasteiger partial charge in [0.05, 0.1) is 6.21 Å². The van der Waals surface area contributed by atoms with Crippen molar-refractivity contribution >= 4 is 35.3 Å². The van der Waals surface area contributed by atoms with Gasteiger partial charge in [-0.3, -0.25) is 9.59 Å². The molecule has 2 N–H and O–H groups in total. The number of rotatable bonds is 7. The van der Waals surface area contributed by atoms with Crippen molar-refractivity contribution in [3.63, 3.8) is 0 Å². The Morgan fingerprint density at radius 2 is 1.70 bits per heavy atom. The summed E-state index contributed by atoms with van der Waals surface area (Å²) in [5.41, 5.74) is 5.25. The minimum absolute atomic E-state index is 0.172. The van der Waals surface area contributed by atoms with E-state index >= 15 is 0 Å². The maximum atomic E-state index is 12.2. The third-order valence-electron chi connectivity index (χ3n) is 4.06. The van der Waals surface area contributed by atoms with Gasteiger partial charge in [0.25, 0.3) is 5.91 Å². The Balaban J connectivity index is 1.59. The fourth-order valence-corrected chi connectivity index (χ4v) is 2.72. The van der Waals surface area contributed by atoms with Gasteiger partial charge < -0.3 is 10.1 Å². The second-order valence-electron chi connectivity index (χ2n) is 6.41. The van der Waals surface area contributed by atoms with Crippen LogP contribution in [0.5, 0.6) is 5.75 Å². The van der Waals surface area contributed by atoms with Crippen LogP contribution >= 0.6 is 11.6 Å². The van der Waals surface area contributed by atoms with Crippen LogP contribution in [0.3, 0.4) is 0 Å². The van der Waals surface area contributed by atoms with Crippen LogP contribution in [-0.2, 0) is 11.4 Å². The fourth-order valence-electron chi connectivity index (χ4n) is 2.59. The van der Waals surface area contributed by atoms with Crippen molar-refractivity contribution in [3.8, 4) is 5.75 Å². The highest BCUT2D eigenvalue weighted by molar-refractivity contribution is 6.30. The summed E-state index contributed by atoms with van der Waals surface area (Å²) in [7, 11) is 0. The van der Waals surface area contributed by atoms with Crippen LogP contribution in [0, 0.1) is 0 Å². The highest BCUT2D eigenvalue weighted by atomic mass is 35.5. The summed E-state index contributed by atoms with van der Waals surface area (Å²) in [5, 5.41) is 7.34. The van der Waals surface area contributed by atoms with Gasteiger partial charge in [0.1, 0.15) is 12.4 Å². The minimum atomic E-state index is -0.361. The van der Waals surface area contributed by atoms with Crippen LogP contribution in [0.1, 0.15) is 28.4 Å². The Morgan fingerprint density at radius 1 is 1.00 bits per heavy atom. The quantitative estimate of drug-likeness (QED) is 0.430. The number of benzene rings is 3. The van der Waals surface area contributed by atoms with Gasteiger partial charge in [-0.25, -0.2) is 5.43 Å². The molecule has 0 aliphatic heterocycles. The summed E-state index contributed by atoms with van der Waals surface area (Å²) in [6.07, 6.45) is 1.53. The Labute approximate surface area is 179 Å². The molecule has 0 aliphatic rings. The molecular formula is C23H20ClN3O3. The van der Waals surface area contributed by atoms with Crippen LogP contribution in [0.15, 0.2) is 77.9 Å². The number of halogens is 1. The van der Waals surface area contributed by atoms with Gasteiger partial charge in [-0.1, -0.05) is 35.9 Å². The molecule has 0 aromatic heterocycles. The number of hydrogen-bond donors (Lipinski definition) is 2. The molecule has 0 radical (unpaired) electrons. The van der Waals surface area contributed by atoms with E-state index in [1.165, 1.54) is 13.1 Å². The minimum Gasteiger partial charge on any atom is -0.488 e. The van der Waals surface area contributed by atoms with Crippen LogP contribution in [-0.4, -0.2) is 18.0 Å². The molecule has 6 nitrogen and oxygen atoms in total. The Bertz CT molecular complexity index is 1050. The summed E-state index contributed by atoms with van der Waals surface area (Å²) >= 11 is 5.90. The first-order chi connectivity index (χ1) is 14.5. The lowest BCUT2D eigenvalue weighted by Crippen LogP contribution is -2.17.